The van der Waals surface area contributed by atoms with E-state index in [0.29, 0.717) is 6.42 Å². The van der Waals surface area contributed by atoms with Crippen LogP contribution in [0.4, 0.5) is 0 Å². The lowest BCUT2D eigenvalue weighted by Crippen LogP contribution is -2.49. The van der Waals surface area contributed by atoms with E-state index < -0.39 is 24.0 Å². The first-order chi connectivity index (χ1) is 9.04. The van der Waals surface area contributed by atoms with E-state index in [0.717, 1.165) is 12.0 Å². The predicted molar refractivity (Wildman–Crippen MR) is 72.6 cm³/mol. The summed E-state index contributed by atoms with van der Waals surface area (Å²) in [5, 5.41) is 11.6. The van der Waals surface area contributed by atoms with Crippen LogP contribution in [-0.4, -0.2) is 29.1 Å². The average molecular weight is 264 g/mol. The lowest BCUT2D eigenvalue weighted by Gasteiger charge is -2.17. The van der Waals surface area contributed by atoms with Crippen LogP contribution in [0.3, 0.4) is 0 Å². The van der Waals surface area contributed by atoms with Gasteiger partial charge in [0.1, 0.15) is 6.04 Å². The summed E-state index contributed by atoms with van der Waals surface area (Å²) in [6.45, 7) is 1.92. The van der Waals surface area contributed by atoms with Crippen LogP contribution in [0, 0.1) is 0 Å². The van der Waals surface area contributed by atoms with Gasteiger partial charge in [-0.2, -0.15) is 0 Å². The van der Waals surface area contributed by atoms with Crippen molar-refractivity contribution in [2.24, 2.45) is 5.73 Å². The third-order valence-corrected chi connectivity index (χ3v) is 2.83. The molecule has 1 aromatic carbocycles. The smallest absolute Gasteiger partial charge is 0.326 e. The Balaban J connectivity index is 2.64. The molecule has 0 heterocycles. The Morgan fingerprint density at radius 3 is 2.47 bits per heavy atom. The van der Waals surface area contributed by atoms with E-state index in [4.69, 9.17) is 10.8 Å². The maximum atomic E-state index is 11.7. The van der Waals surface area contributed by atoms with E-state index >= 15 is 0 Å². The van der Waals surface area contributed by atoms with Crippen LogP contribution in [0.15, 0.2) is 30.3 Å². The summed E-state index contributed by atoms with van der Waals surface area (Å²) in [6.07, 6.45) is 1.58. The summed E-state index contributed by atoms with van der Waals surface area (Å²) in [5.41, 5.74) is 6.53. The lowest BCUT2D eigenvalue weighted by molar-refractivity contribution is -0.142. The molecule has 0 bridgehead atoms. The highest BCUT2D eigenvalue weighted by Gasteiger charge is 2.22. The number of nitrogens with two attached hydrogens (primary N) is 1. The molecule has 5 heteroatoms. The molecule has 2 atom stereocenters. The molecule has 104 valence electrons. The SMILES string of the molecule is CCC[C@H](N)C(=O)N[C@@H](Cc1ccccc1)C(=O)O. The Bertz CT molecular complexity index is 420. The van der Waals surface area contributed by atoms with Gasteiger partial charge in [-0.3, -0.25) is 4.79 Å². The Kier molecular flexibility index (Phi) is 6.02. The molecule has 19 heavy (non-hydrogen) atoms. The fourth-order valence-corrected chi connectivity index (χ4v) is 1.77. The van der Waals surface area contributed by atoms with Gasteiger partial charge in [-0.25, -0.2) is 4.79 Å². The summed E-state index contributed by atoms with van der Waals surface area (Å²) < 4.78 is 0. The Labute approximate surface area is 112 Å². The highest BCUT2D eigenvalue weighted by atomic mass is 16.4. The molecule has 0 aliphatic carbocycles. The van der Waals surface area contributed by atoms with Crippen molar-refractivity contribution in [1.29, 1.82) is 0 Å². The van der Waals surface area contributed by atoms with Gasteiger partial charge in [0.15, 0.2) is 0 Å². The van der Waals surface area contributed by atoms with Crippen LogP contribution in [0.2, 0.25) is 0 Å². The molecule has 0 saturated heterocycles. The first-order valence-corrected chi connectivity index (χ1v) is 6.37. The van der Waals surface area contributed by atoms with Crippen molar-refractivity contribution in [3.8, 4) is 0 Å². The number of carbonyl (C=O) groups is 2. The number of carboxylic acids is 1. The molecular weight excluding hydrogens is 244 g/mol. The number of aliphatic carboxylic acids is 1. The molecule has 0 aliphatic heterocycles. The Hall–Kier alpha value is -1.88. The summed E-state index contributed by atoms with van der Waals surface area (Å²) in [4.78, 5) is 22.9. The summed E-state index contributed by atoms with van der Waals surface area (Å²) in [7, 11) is 0. The number of rotatable bonds is 7. The van der Waals surface area contributed by atoms with E-state index in [1.54, 1.807) is 0 Å². The molecule has 1 rings (SSSR count). The van der Waals surface area contributed by atoms with Crippen molar-refractivity contribution in [2.45, 2.75) is 38.3 Å². The molecule has 5 nitrogen and oxygen atoms in total. The number of nitrogens with one attached hydrogen (secondary N) is 1. The number of hydrogen-bond acceptors (Lipinski definition) is 3. The number of amides is 1. The normalized spacial score (nSPS) is 13.6. The third kappa shape index (κ3) is 5.09. The van der Waals surface area contributed by atoms with Crippen LogP contribution in [-0.2, 0) is 16.0 Å². The number of carbonyl (C=O) groups excluding carboxylic acids is 1. The molecular formula is C14H20N2O3. The van der Waals surface area contributed by atoms with Gasteiger partial charge in [0.25, 0.3) is 0 Å². The van der Waals surface area contributed by atoms with Crippen molar-refractivity contribution in [1.82, 2.24) is 5.32 Å². The number of carboxylic acid groups (broad SMARTS) is 1. The summed E-state index contributed by atoms with van der Waals surface area (Å²) in [5.74, 6) is -1.47. The zero-order valence-electron chi connectivity index (χ0n) is 11.0. The van der Waals surface area contributed by atoms with Crippen molar-refractivity contribution >= 4 is 11.9 Å². The minimum atomic E-state index is -1.05. The van der Waals surface area contributed by atoms with Crippen molar-refractivity contribution in [3.05, 3.63) is 35.9 Å². The average Bonchev–Trinajstić information content (AvgIpc) is 2.39. The van der Waals surface area contributed by atoms with Crippen molar-refractivity contribution < 1.29 is 14.7 Å². The fraction of sp³-hybridized carbons (Fsp3) is 0.429. The van der Waals surface area contributed by atoms with Crippen LogP contribution < -0.4 is 11.1 Å². The van der Waals surface area contributed by atoms with E-state index in [9.17, 15) is 9.59 Å². The monoisotopic (exact) mass is 264 g/mol. The zero-order valence-corrected chi connectivity index (χ0v) is 11.0. The van der Waals surface area contributed by atoms with Gasteiger partial charge in [-0.15, -0.1) is 0 Å². The minimum absolute atomic E-state index is 0.251. The standard InChI is InChI=1S/C14H20N2O3/c1-2-6-11(15)13(17)16-12(14(18)19)9-10-7-4-3-5-8-10/h3-5,7-8,11-12H,2,6,9,15H2,1H3,(H,16,17)(H,18,19)/t11-,12-/m0/s1. The second kappa shape index (κ2) is 7.53. The second-order valence-corrected chi connectivity index (χ2v) is 4.48. The maximum Gasteiger partial charge on any atom is 0.326 e. The number of benzene rings is 1. The van der Waals surface area contributed by atoms with E-state index in [2.05, 4.69) is 5.32 Å². The molecule has 1 amide bonds. The lowest BCUT2D eigenvalue weighted by atomic mass is 10.1. The molecule has 0 fully saturated rings. The molecule has 0 saturated carbocycles. The summed E-state index contributed by atoms with van der Waals surface area (Å²) >= 11 is 0. The Morgan fingerprint density at radius 2 is 1.95 bits per heavy atom. The highest BCUT2D eigenvalue weighted by Crippen LogP contribution is 2.04. The maximum absolute atomic E-state index is 11.7. The van der Waals surface area contributed by atoms with Crippen LogP contribution in [0.1, 0.15) is 25.3 Å². The van der Waals surface area contributed by atoms with E-state index in [-0.39, 0.29) is 6.42 Å². The second-order valence-electron chi connectivity index (χ2n) is 4.48. The predicted octanol–water partition coefficient (Wildman–Crippen LogP) is 0.926. The fourth-order valence-electron chi connectivity index (χ4n) is 1.77. The van der Waals surface area contributed by atoms with Crippen LogP contribution in [0.25, 0.3) is 0 Å². The van der Waals surface area contributed by atoms with Gasteiger partial charge in [-0.1, -0.05) is 43.7 Å². The van der Waals surface area contributed by atoms with Gasteiger partial charge >= 0.3 is 5.97 Å². The first-order valence-electron chi connectivity index (χ1n) is 6.37. The van der Waals surface area contributed by atoms with E-state index in [1.807, 2.05) is 37.3 Å². The quantitative estimate of drug-likeness (QED) is 0.683. The molecule has 0 unspecified atom stereocenters. The van der Waals surface area contributed by atoms with Gasteiger partial charge in [0.2, 0.25) is 5.91 Å². The number of hydrogen-bond donors (Lipinski definition) is 3. The largest absolute Gasteiger partial charge is 0.480 e. The topological polar surface area (TPSA) is 92.4 Å². The van der Waals surface area contributed by atoms with Crippen LogP contribution in [0.5, 0.6) is 0 Å². The Morgan fingerprint density at radius 1 is 1.32 bits per heavy atom. The van der Waals surface area contributed by atoms with Gasteiger partial charge in [0.05, 0.1) is 6.04 Å². The summed E-state index contributed by atoms with van der Waals surface area (Å²) in [6, 6.07) is 7.58. The van der Waals surface area contributed by atoms with E-state index in [1.165, 1.54) is 0 Å². The minimum Gasteiger partial charge on any atom is -0.480 e. The molecule has 4 N–H and O–H groups in total. The van der Waals surface area contributed by atoms with Gasteiger partial charge < -0.3 is 16.2 Å². The zero-order chi connectivity index (χ0) is 14.3. The van der Waals surface area contributed by atoms with Crippen LogP contribution >= 0.6 is 0 Å². The molecule has 0 radical (unpaired) electrons. The van der Waals surface area contributed by atoms with Gasteiger partial charge in [-0.05, 0) is 12.0 Å². The van der Waals surface area contributed by atoms with Crippen molar-refractivity contribution in [3.63, 3.8) is 0 Å². The molecule has 0 spiro atoms. The van der Waals surface area contributed by atoms with Crippen molar-refractivity contribution in [2.75, 3.05) is 0 Å². The highest BCUT2D eigenvalue weighted by molar-refractivity contribution is 5.86. The first kappa shape index (κ1) is 15.2. The molecule has 0 aliphatic rings. The molecule has 0 aromatic heterocycles. The van der Waals surface area contributed by atoms with Gasteiger partial charge in [0, 0.05) is 6.42 Å². The molecule has 1 aromatic rings. The third-order valence-electron chi connectivity index (χ3n) is 2.83.